The zero-order valence-electron chi connectivity index (χ0n) is 20.2. The topological polar surface area (TPSA) is 43.4 Å². The summed E-state index contributed by atoms with van der Waals surface area (Å²) in [6, 6.07) is 22.0. The summed E-state index contributed by atoms with van der Waals surface area (Å²) in [6.45, 7) is 2.17. The number of rotatable bonds is 9. The molecule has 4 rings (SSSR count). The van der Waals surface area contributed by atoms with Gasteiger partial charge in [-0.3, -0.25) is 4.79 Å². The second-order valence-corrected chi connectivity index (χ2v) is 10.5. The molecule has 1 saturated carbocycles. The van der Waals surface area contributed by atoms with E-state index in [4.69, 9.17) is 4.74 Å². The number of unbranched alkanes of at least 4 members (excludes halogenated alkanes) is 1. The fourth-order valence-corrected chi connectivity index (χ4v) is 6.86. The number of hydrogen-bond donors (Lipinski definition) is 0. The number of carbonyl (C=O) groups is 1. The predicted octanol–water partition coefficient (Wildman–Crippen LogP) is 7.56. The van der Waals surface area contributed by atoms with Gasteiger partial charge in [-0.25, -0.2) is 4.21 Å². The van der Waals surface area contributed by atoms with E-state index in [1.165, 1.54) is 0 Å². The molecule has 0 N–H and O–H groups in total. The quantitative estimate of drug-likeness (QED) is 0.321. The molecule has 1 unspecified atom stereocenters. The van der Waals surface area contributed by atoms with Crippen LogP contribution in [0, 0.1) is 11.8 Å². The highest BCUT2D eigenvalue weighted by Gasteiger charge is 2.35. The third kappa shape index (κ3) is 5.33. The highest BCUT2D eigenvalue weighted by molar-refractivity contribution is 7.89. The average Bonchev–Trinajstić information content (AvgIpc) is 2.88. The lowest BCUT2D eigenvalue weighted by atomic mass is 9.76. The number of ketones is 1. The predicted molar refractivity (Wildman–Crippen MR) is 141 cm³/mol. The van der Waals surface area contributed by atoms with Crippen LogP contribution in [0.1, 0.15) is 57.4 Å². The minimum Gasteiger partial charge on any atom is -0.495 e. The Hall–Kier alpha value is -2.72. The molecule has 4 heteroatoms. The molecular weight excluding hydrogens is 440 g/mol. The lowest BCUT2D eigenvalue weighted by molar-refractivity contribution is -0.125. The van der Waals surface area contributed by atoms with Gasteiger partial charge in [-0.1, -0.05) is 86.8 Å². The number of allylic oxidation sites excluding steroid dienone is 1. The van der Waals surface area contributed by atoms with Crippen LogP contribution in [0.4, 0.5) is 0 Å². The molecule has 1 aliphatic carbocycles. The molecule has 0 heterocycles. The lowest BCUT2D eigenvalue weighted by Crippen LogP contribution is -2.29. The molecule has 1 aliphatic rings. The van der Waals surface area contributed by atoms with Gasteiger partial charge in [0.15, 0.2) is 0 Å². The summed E-state index contributed by atoms with van der Waals surface area (Å²) in [4.78, 5) is 14.6. The second-order valence-electron chi connectivity index (χ2n) is 9.11. The highest BCUT2D eigenvalue weighted by atomic mass is 32.2. The maximum Gasteiger partial charge on any atom is 0.136 e. The molecule has 0 saturated heterocycles. The van der Waals surface area contributed by atoms with Crippen molar-refractivity contribution in [1.82, 2.24) is 0 Å². The van der Waals surface area contributed by atoms with Gasteiger partial charge in [0.25, 0.3) is 0 Å². The molecule has 0 aromatic heterocycles. The van der Waals surface area contributed by atoms with Gasteiger partial charge in [-0.15, -0.1) is 0 Å². The fraction of sp³-hybridized carbons (Fsp3) is 0.367. The number of ether oxygens (including phenoxy) is 1. The first-order valence-electron chi connectivity index (χ1n) is 12.4. The van der Waals surface area contributed by atoms with E-state index < -0.39 is 10.8 Å². The summed E-state index contributed by atoms with van der Waals surface area (Å²) >= 11 is 0. The van der Waals surface area contributed by atoms with Crippen molar-refractivity contribution in [3.05, 3.63) is 77.2 Å². The van der Waals surface area contributed by atoms with E-state index in [2.05, 4.69) is 13.0 Å². The number of methoxy groups -OCH3 is 1. The first-order valence-corrected chi connectivity index (χ1v) is 13.6. The van der Waals surface area contributed by atoms with E-state index in [1.807, 2.05) is 66.7 Å². The van der Waals surface area contributed by atoms with Crippen molar-refractivity contribution >= 4 is 33.4 Å². The van der Waals surface area contributed by atoms with Gasteiger partial charge in [0, 0.05) is 28.5 Å². The SMILES string of the molecule is CCCC[C@H](/C(=C\c1ccccc1)S(=O)c1c(OC)ccc2ccccc12)[C@@H]1CCCCC1=O. The second kappa shape index (κ2) is 11.6. The van der Waals surface area contributed by atoms with Crippen molar-refractivity contribution in [1.29, 1.82) is 0 Å². The van der Waals surface area contributed by atoms with Gasteiger partial charge >= 0.3 is 0 Å². The monoisotopic (exact) mass is 474 g/mol. The van der Waals surface area contributed by atoms with Crippen molar-refractivity contribution < 1.29 is 13.7 Å². The maximum atomic E-state index is 14.5. The Morgan fingerprint density at radius 1 is 1.06 bits per heavy atom. The van der Waals surface area contributed by atoms with E-state index in [0.29, 0.717) is 22.8 Å². The first-order chi connectivity index (χ1) is 16.6. The van der Waals surface area contributed by atoms with Crippen LogP contribution in [0.25, 0.3) is 16.8 Å². The number of benzene rings is 3. The van der Waals surface area contributed by atoms with E-state index in [0.717, 1.165) is 59.8 Å². The minimum atomic E-state index is -1.47. The van der Waals surface area contributed by atoms with Crippen LogP contribution in [0.5, 0.6) is 5.75 Å². The van der Waals surface area contributed by atoms with Gasteiger partial charge in [-0.05, 0) is 42.4 Å². The third-order valence-corrected chi connectivity index (χ3v) is 8.53. The molecule has 3 aromatic carbocycles. The normalized spacial score (nSPS) is 18.6. The number of hydrogen-bond acceptors (Lipinski definition) is 3. The van der Waals surface area contributed by atoms with Gasteiger partial charge in [-0.2, -0.15) is 0 Å². The van der Waals surface area contributed by atoms with Gasteiger partial charge in [0.05, 0.1) is 22.8 Å². The molecule has 1 fully saturated rings. The molecule has 0 radical (unpaired) electrons. The highest BCUT2D eigenvalue weighted by Crippen LogP contribution is 2.42. The van der Waals surface area contributed by atoms with E-state index in [9.17, 15) is 9.00 Å². The Morgan fingerprint density at radius 2 is 1.82 bits per heavy atom. The Kier molecular flexibility index (Phi) is 8.34. The Bertz CT molecular complexity index is 1180. The average molecular weight is 475 g/mol. The fourth-order valence-electron chi connectivity index (χ4n) is 5.11. The Morgan fingerprint density at radius 3 is 2.56 bits per heavy atom. The lowest BCUT2D eigenvalue weighted by Gasteiger charge is -2.31. The molecule has 3 aromatic rings. The van der Waals surface area contributed by atoms with Crippen LogP contribution < -0.4 is 4.74 Å². The molecule has 0 aliphatic heterocycles. The molecule has 178 valence electrons. The van der Waals surface area contributed by atoms with Gasteiger partial charge in [0.1, 0.15) is 11.5 Å². The zero-order valence-corrected chi connectivity index (χ0v) is 21.0. The summed E-state index contributed by atoms with van der Waals surface area (Å²) in [7, 11) is 0.156. The zero-order chi connectivity index (χ0) is 23.9. The van der Waals surface area contributed by atoms with Gasteiger partial charge in [0.2, 0.25) is 0 Å². The summed E-state index contributed by atoms with van der Waals surface area (Å²) in [5.74, 6) is 0.839. The molecule has 3 nitrogen and oxygen atoms in total. The van der Waals surface area contributed by atoms with Gasteiger partial charge < -0.3 is 4.74 Å². The van der Waals surface area contributed by atoms with Crippen molar-refractivity contribution in [2.45, 2.75) is 56.8 Å². The maximum absolute atomic E-state index is 14.5. The summed E-state index contributed by atoms with van der Waals surface area (Å²) in [5, 5.41) is 1.97. The van der Waals surface area contributed by atoms with Crippen LogP contribution in [0.3, 0.4) is 0 Å². The largest absolute Gasteiger partial charge is 0.495 e. The van der Waals surface area contributed by atoms with Crippen LogP contribution >= 0.6 is 0 Å². The molecule has 34 heavy (non-hydrogen) atoms. The number of fused-ring (bicyclic) bond motifs is 1. The Labute approximate surface area is 205 Å². The van der Waals surface area contributed by atoms with Crippen LogP contribution in [0.2, 0.25) is 0 Å². The van der Waals surface area contributed by atoms with E-state index in [-0.39, 0.29) is 11.8 Å². The van der Waals surface area contributed by atoms with Crippen molar-refractivity contribution in [3.63, 3.8) is 0 Å². The molecule has 3 atom stereocenters. The summed E-state index contributed by atoms with van der Waals surface area (Å²) in [5.41, 5.74) is 1.01. The third-order valence-electron chi connectivity index (χ3n) is 6.89. The molecule has 0 spiro atoms. The minimum absolute atomic E-state index is 0.0440. The van der Waals surface area contributed by atoms with Crippen molar-refractivity contribution in [2.24, 2.45) is 11.8 Å². The summed E-state index contributed by atoms with van der Waals surface area (Å²) in [6.07, 6.45) is 8.52. The van der Waals surface area contributed by atoms with Crippen LogP contribution in [-0.4, -0.2) is 17.1 Å². The molecule has 0 bridgehead atoms. The Balaban J connectivity index is 1.90. The van der Waals surface area contributed by atoms with E-state index >= 15 is 0 Å². The van der Waals surface area contributed by atoms with Crippen molar-refractivity contribution in [2.75, 3.05) is 7.11 Å². The van der Waals surface area contributed by atoms with E-state index in [1.54, 1.807) is 7.11 Å². The smallest absolute Gasteiger partial charge is 0.136 e. The van der Waals surface area contributed by atoms with Crippen molar-refractivity contribution in [3.8, 4) is 5.75 Å². The standard InChI is InChI=1S/C30H34O3S/c1-3-4-15-26(25-17-10-11-18-27(25)31)29(21-22-12-6-5-7-13-22)34(32)30-24-16-9-8-14-23(24)19-20-28(30)33-2/h5-9,12-14,16,19-21,25-26H,3-4,10-11,15,17-18H2,1-2H3/b29-21+/t25-,26-,34?/m0/s1. The molecular formula is C30H34O3S. The summed E-state index contributed by atoms with van der Waals surface area (Å²) < 4.78 is 20.3. The van der Waals surface area contributed by atoms with Crippen LogP contribution in [-0.2, 0) is 15.6 Å². The first kappa shape index (κ1) is 24.4. The number of carbonyl (C=O) groups excluding carboxylic acids is 1. The molecule has 0 amide bonds. The van der Waals surface area contributed by atoms with Crippen LogP contribution in [0.15, 0.2) is 76.5 Å². The number of Topliss-reactive ketones (excluding diaryl/α,β-unsaturated/α-hetero) is 1.